The van der Waals surface area contributed by atoms with Crippen molar-refractivity contribution in [2.75, 3.05) is 6.61 Å². The van der Waals surface area contributed by atoms with Gasteiger partial charge in [0, 0.05) is 4.47 Å². The average Bonchev–Trinajstić information content (AvgIpc) is 2.18. The number of rotatable bonds is 4. The summed E-state index contributed by atoms with van der Waals surface area (Å²) < 4.78 is 28.5. The highest BCUT2D eigenvalue weighted by Crippen LogP contribution is 2.17. The molecule has 1 N–H and O–H groups in total. The minimum atomic E-state index is -1.92. The predicted molar refractivity (Wildman–Crippen MR) is 55.4 cm³/mol. The predicted octanol–water partition coefficient (Wildman–Crippen LogP) is 3.24. The van der Waals surface area contributed by atoms with E-state index in [1.807, 2.05) is 0 Å². The van der Waals surface area contributed by atoms with Gasteiger partial charge >= 0.3 is 6.08 Å². The maximum absolute atomic E-state index is 11.6. The van der Waals surface area contributed by atoms with Crippen molar-refractivity contribution in [2.24, 2.45) is 0 Å². The molecule has 0 heterocycles. The Balaban J connectivity index is 2.50. The second kappa shape index (κ2) is 5.82. The zero-order chi connectivity index (χ0) is 11.3. The van der Waals surface area contributed by atoms with Crippen molar-refractivity contribution in [1.82, 2.24) is 0 Å². The monoisotopic (exact) mass is 278 g/mol. The Hall–Kier alpha value is -0.940. The largest absolute Gasteiger partial charge is 0.493 e. The van der Waals surface area contributed by atoms with E-state index in [0.717, 1.165) is 4.47 Å². The van der Waals surface area contributed by atoms with Gasteiger partial charge in [-0.05, 0) is 17.7 Å². The number of hydrogen-bond donors (Lipinski definition) is 1. The van der Waals surface area contributed by atoms with Crippen molar-refractivity contribution >= 4 is 15.9 Å². The highest BCUT2D eigenvalue weighted by atomic mass is 79.9. The summed E-state index contributed by atoms with van der Waals surface area (Å²) in [4.78, 5) is 0. The molecule has 0 aliphatic rings. The molecule has 0 spiro atoms. The first-order chi connectivity index (χ1) is 7.09. The van der Waals surface area contributed by atoms with Crippen LogP contribution in [-0.2, 0) is 4.74 Å². The summed E-state index contributed by atoms with van der Waals surface area (Å²) in [5.74, 6) is 0. The molecule has 0 radical (unpaired) electrons. The highest BCUT2D eigenvalue weighted by molar-refractivity contribution is 9.10. The van der Waals surface area contributed by atoms with Crippen LogP contribution in [0, 0.1) is 0 Å². The third-order valence-corrected chi connectivity index (χ3v) is 2.21. The molecule has 0 bridgehead atoms. The third-order valence-electron chi connectivity index (χ3n) is 1.68. The highest BCUT2D eigenvalue weighted by Gasteiger charge is 2.07. The molecule has 1 rings (SSSR count). The van der Waals surface area contributed by atoms with E-state index >= 15 is 0 Å². The third kappa shape index (κ3) is 4.40. The second-order valence-corrected chi connectivity index (χ2v) is 3.72. The van der Waals surface area contributed by atoms with Crippen LogP contribution < -0.4 is 0 Å². The number of hydrogen-bond acceptors (Lipinski definition) is 2. The molecule has 1 unspecified atom stereocenters. The fourth-order valence-electron chi connectivity index (χ4n) is 0.983. The lowest BCUT2D eigenvalue weighted by Crippen LogP contribution is -2.04. The van der Waals surface area contributed by atoms with Crippen LogP contribution in [0.5, 0.6) is 0 Å². The Kier molecular flexibility index (Phi) is 4.71. The Labute approximate surface area is 94.3 Å². The van der Waals surface area contributed by atoms with Crippen LogP contribution >= 0.6 is 15.9 Å². The average molecular weight is 279 g/mol. The molecule has 0 saturated carbocycles. The first-order valence-electron chi connectivity index (χ1n) is 4.16. The Morgan fingerprint density at radius 3 is 2.53 bits per heavy atom. The maximum atomic E-state index is 11.6. The van der Waals surface area contributed by atoms with E-state index in [4.69, 9.17) is 0 Å². The summed E-state index contributed by atoms with van der Waals surface area (Å²) in [5.41, 5.74) is 0.617. The summed E-state index contributed by atoms with van der Waals surface area (Å²) >= 11 is 3.24. The summed E-state index contributed by atoms with van der Waals surface area (Å²) in [6.45, 7) is -0.195. The SMILES string of the molecule is OC(COC=C(F)F)c1ccc(Br)cc1. The van der Waals surface area contributed by atoms with Crippen molar-refractivity contribution in [3.63, 3.8) is 0 Å². The Morgan fingerprint density at radius 2 is 2.00 bits per heavy atom. The first kappa shape index (κ1) is 12.1. The van der Waals surface area contributed by atoms with Gasteiger partial charge in [-0.25, -0.2) is 0 Å². The van der Waals surface area contributed by atoms with Crippen LogP contribution in [-0.4, -0.2) is 11.7 Å². The number of aliphatic hydroxyl groups excluding tert-OH is 1. The first-order valence-corrected chi connectivity index (χ1v) is 4.95. The molecule has 0 aliphatic heterocycles. The number of aliphatic hydroxyl groups is 1. The Bertz CT molecular complexity index is 334. The van der Waals surface area contributed by atoms with Crippen molar-refractivity contribution in [3.8, 4) is 0 Å². The molecule has 1 atom stereocenters. The van der Waals surface area contributed by atoms with E-state index < -0.39 is 12.2 Å². The van der Waals surface area contributed by atoms with Crippen LogP contribution in [0.3, 0.4) is 0 Å². The topological polar surface area (TPSA) is 29.5 Å². The normalized spacial score (nSPS) is 12.0. The van der Waals surface area contributed by atoms with Gasteiger partial charge in [0.05, 0.1) is 0 Å². The van der Waals surface area contributed by atoms with Crippen molar-refractivity contribution in [1.29, 1.82) is 0 Å². The van der Waals surface area contributed by atoms with Crippen LogP contribution in [0.25, 0.3) is 0 Å². The standard InChI is InChI=1S/C10H9BrF2O2/c11-8-3-1-7(2-4-8)9(14)5-15-6-10(12)13/h1-4,6,9,14H,5H2. The van der Waals surface area contributed by atoms with Gasteiger partial charge in [-0.3, -0.25) is 0 Å². The summed E-state index contributed by atoms with van der Waals surface area (Å²) in [6, 6.07) is 6.88. The molecule has 1 aromatic carbocycles. The van der Waals surface area contributed by atoms with Gasteiger partial charge in [0.15, 0.2) is 0 Å². The van der Waals surface area contributed by atoms with Gasteiger partial charge in [-0.2, -0.15) is 8.78 Å². The lowest BCUT2D eigenvalue weighted by Gasteiger charge is -2.09. The van der Waals surface area contributed by atoms with E-state index in [1.54, 1.807) is 24.3 Å². The van der Waals surface area contributed by atoms with Gasteiger partial charge in [-0.1, -0.05) is 28.1 Å². The van der Waals surface area contributed by atoms with E-state index in [2.05, 4.69) is 20.7 Å². The van der Waals surface area contributed by atoms with E-state index in [1.165, 1.54) is 0 Å². The fourth-order valence-corrected chi connectivity index (χ4v) is 1.25. The molecule has 15 heavy (non-hydrogen) atoms. The zero-order valence-corrected chi connectivity index (χ0v) is 9.25. The number of benzene rings is 1. The van der Waals surface area contributed by atoms with E-state index in [-0.39, 0.29) is 6.61 Å². The molecule has 0 aliphatic carbocycles. The lowest BCUT2D eigenvalue weighted by molar-refractivity contribution is 0.0796. The van der Waals surface area contributed by atoms with Crippen LogP contribution in [0.1, 0.15) is 11.7 Å². The molecule has 0 amide bonds. The second-order valence-electron chi connectivity index (χ2n) is 2.81. The quantitative estimate of drug-likeness (QED) is 0.857. The van der Waals surface area contributed by atoms with E-state index in [9.17, 15) is 13.9 Å². The van der Waals surface area contributed by atoms with Crippen LogP contribution in [0.4, 0.5) is 8.78 Å². The van der Waals surface area contributed by atoms with Gasteiger partial charge in [0.25, 0.3) is 0 Å². The molecular formula is C10H9BrF2O2. The smallest absolute Gasteiger partial charge is 0.304 e. The lowest BCUT2D eigenvalue weighted by atomic mass is 10.1. The van der Waals surface area contributed by atoms with Gasteiger partial charge < -0.3 is 9.84 Å². The minimum absolute atomic E-state index is 0.195. The number of halogens is 3. The molecule has 0 aromatic heterocycles. The zero-order valence-electron chi connectivity index (χ0n) is 7.66. The molecule has 1 aromatic rings. The van der Waals surface area contributed by atoms with Crippen molar-refractivity contribution in [2.45, 2.75) is 6.10 Å². The molecule has 0 fully saturated rings. The van der Waals surface area contributed by atoms with Gasteiger partial charge in [0.1, 0.15) is 19.0 Å². The van der Waals surface area contributed by atoms with Gasteiger partial charge in [-0.15, -0.1) is 0 Å². The molecule has 0 saturated heterocycles. The van der Waals surface area contributed by atoms with Crippen LogP contribution in [0.2, 0.25) is 0 Å². The van der Waals surface area contributed by atoms with Crippen LogP contribution in [0.15, 0.2) is 41.1 Å². The van der Waals surface area contributed by atoms with Gasteiger partial charge in [0.2, 0.25) is 0 Å². The summed E-state index contributed by atoms with van der Waals surface area (Å²) in [5, 5.41) is 9.51. The van der Waals surface area contributed by atoms with Crippen molar-refractivity contribution in [3.05, 3.63) is 46.6 Å². The Morgan fingerprint density at radius 1 is 1.40 bits per heavy atom. The number of ether oxygens (including phenoxy) is 1. The minimum Gasteiger partial charge on any atom is -0.493 e. The molecule has 82 valence electrons. The fraction of sp³-hybridized carbons (Fsp3) is 0.200. The summed E-state index contributed by atoms with van der Waals surface area (Å²) in [6.07, 6.45) is -2.51. The summed E-state index contributed by atoms with van der Waals surface area (Å²) in [7, 11) is 0. The maximum Gasteiger partial charge on any atom is 0.304 e. The van der Waals surface area contributed by atoms with E-state index in [0.29, 0.717) is 11.8 Å². The molecule has 2 nitrogen and oxygen atoms in total. The molecular weight excluding hydrogens is 270 g/mol. The molecule has 5 heteroatoms. The van der Waals surface area contributed by atoms with Crippen molar-refractivity contribution < 1.29 is 18.6 Å².